The standard InChI is InChI=1S/3C19H39O.Al/c3*1-4-6-8-10-12-14-16-18-19(3,20)17-15-13-11-9-7-5-2;/h3*4-18H2,1-3H3;/q3*-1;+3. The largest absolute Gasteiger partial charge is 0.906 e. The van der Waals surface area contributed by atoms with Crippen LogP contribution in [-0.4, -0.2) is 32.0 Å². The van der Waals surface area contributed by atoms with Gasteiger partial charge in [-0.25, -0.2) is 0 Å². The zero-order chi connectivity index (χ0) is 45.0. The maximum atomic E-state index is 7.66. The van der Waals surface area contributed by atoms with Crippen LogP contribution in [0.5, 0.6) is 0 Å². The predicted molar refractivity (Wildman–Crippen MR) is 276 cm³/mol. The Bertz CT molecular complexity index is 758. The molecule has 4 heteroatoms. The van der Waals surface area contributed by atoms with E-state index in [0.717, 1.165) is 38.5 Å². The predicted octanol–water partition coefficient (Wildman–Crippen LogP) is 21.0. The van der Waals surface area contributed by atoms with Crippen LogP contribution >= 0.6 is 0 Å². The van der Waals surface area contributed by atoms with Crippen LogP contribution in [0.2, 0.25) is 0 Å². The van der Waals surface area contributed by atoms with Gasteiger partial charge in [-0.05, 0) is 59.3 Å². The van der Waals surface area contributed by atoms with Crippen LogP contribution < -0.4 is 0 Å². The molecule has 0 saturated heterocycles. The fraction of sp³-hybridized carbons (Fsp3) is 1.00. The molecule has 61 heavy (non-hydrogen) atoms. The van der Waals surface area contributed by atoms with E-state index in [1.165, 1.54) is 250 Å². The fourth-order valence-corrected chi connectivity index (χ4v) is 11.9. The highest BCUT2D eigenvalue weighted by Gasteiger charge is 2.48. The Kier molecular flexibility index (Phi) is 44.6. The molecule has 0 aliphatic rings. The third kappa shape index (κ3) is 39.3. The van der Waals surface area contributed by atoms with Gasteiger partial charge in [-0.15, -0.1) is 0 Å². The lowest BCUT2D eigenvalue weighted by Gasteiger charge is -2.41. The van der Waals surface area contributed by atoms with Crippen LogP contribution in [-0.2, 0) is 11.4 Å². The summed E-state index contributed by atoms with van der Waals surface area (Å²) in [5.41, 5.74) is -0.525. The molecule has 3 nitrogen and oxygen atoms in total. The molecule has 0 heterocycles. The van der Waals surface area contributed by atoms with Gasteiger partial charge in [-0.1, -0.05) is 292 Å². The summed E-state index contributed by atoms with van der Waals surface area (Å²) in [6.07, 6.45) is 59.2. The molecule has 0 aliphatic heterocycles. The lowest BCUT2D eigenvalue weighted by atomic mass is 9.91. The van der Waals surface area contributed by atoms with Crippen molar-refractivity contribution in [3.8, 4) is 0 Å². The monoisotopic (exact) mass is 877 g/mol. The Hall–Kier alpha value is 0.412. The molecule has 0 saturated carbocycles. The van der Waals surface area contributed by atoms with Gasteiger partial charge in [-0.3, -0.25) is 0 Å². The summed E-state index contributed by atoms with van der Waals surface area (Å²) < 4.78 is 23.0. The highest BCUT2D eigenvalue weighted by Crippen LogP contribution is 2.36. The van der Waals surface area contributed by atoms with Crippen molar-refractivity contribution in [3.63, 3.8) is 0 Å². The molecule has 0 N–H and O–H groups in total. The Labute approximate surface area is 392 Å². The molecule has 0 bridgehead atoms. The van der Waals surface area contributed by atoms with E-state index in [4.69, 9.17) is 11.4 Å². The topological polar surface area (TPSA) is 27.7 Å². The summed E-state index contributed by atoms with van der Waals surface area (Å²) in [5.74, 6) is 0. The van der Waals surface area contributed by atoms with E-state index in [-0.39, 0.29) is 16.8 Å². The third-order valence-electron chi connectivity index (χ3n) is 14.2. The van der Waals surface area contributed by atoms with Crippen LogP contribution in [0.1, 0.15) is 351 Å². The molecular weight excluding hydrogens is 760 g/mol. The normalized spacial score (nSPS) is 14.9. The zero-order valence-electron chi connectivity index (χ0n) is 44.1. The van der Waals surface area contributed by atoms with Crippen LogP contribution in [0.4, 0.5) is 0 Å². The first-order chi connectivity index (χ1) is 29.6. The molecule has 0 aliphatic carbocycles. The van der Waals surface area contributed by atoms with Gasteiger partial charge in [0.15, 0.2) is 0 Å². The summed E-state index contributed by atoms with van der Waals surface area (Å²) in [6, 6.07) is 0. The minimum atomic E-state index is -2.54. The maximum Gasteiger partial charge on any atom is 0.906 e. The molecule has 3 unspecified atom stereocenters. The first-order valence-corrected chi connectivity index (χ1v) is 30.1. The lowest BCUT2D eigenvalue weighted by Crippen LogP contribution is -2.49. The van der Waals surface area contributed by atoms with Crippen molar-refractivity contribution in [2.24, 2.45) is 0 Å². The quantitative estimate of drug-likeness (QED) is 0.0450. The second-order valence-electron chi connectivity index (χ2n) is 21.2. The van der Waals surface area contributed by atoms with Gasteiger partial charge in [0.2, 0.25) is 0 Å². The summed E-state index contributed by atoms with van der Waals surface area (Å²) >= 11 is -2.54. The summed E-state index contributed by atoms with van der Waals surface area (Å²) in [4.78, 5) is 0. The van der Waals surface area contributed by atoms with Crippen LogP contribution in [0, 0.1) is 0 Å². The van der Waals surface area contributed by atoms with Crippen LogP contribution in [0.3, 0.4) is 0 Å². The van der Waals surface area contributed by atoms with Crippen molar-refractivity contribution < 1.29 is 11.4 Å². The number of rotatable bonds is 51. The minimum Gasteiger partial charge on any atom is -0.449 e. The smallest absolute Gasteiger partial charge is 0.449 e. The highest BCUT2D eigenvalue weighted by molar-refractivity contribution is 6.36. The van der Waals surface area contributed by atoms with E-state index in [0.29, 0.717) is 0 Å². The van der Waals surface area contributed by atoms with Gasteiger partial charge in [0, 0.05) is 16.8 Å². The Morgan fingerprint density at radius 1 is 0.213 bits per heavy atom. The van der Waals surface area contributed by atoms with E-state index in [2.05, 4.69) is 62.3 Å². The van der Waals surface area contributed by atoms with E-state index >= 15 is 0 Å². The number of unbranched alkanes of at least 4 members (excludes halogenated alkanes) is 33. The average Bonchev–Trinajstić information content (AvgIpc) is 3.23. The molecule has 0 aromatic carbocycles. The van der Waals surface area contributed by atoms with Crippen molar-refractivity contribution in [1.82, 2.24) is 0 Å². The molecular formula is C57H117AlO3. The summed E-state index contributed by atoms with van der Waals surface area (Å²) in [5, 5.41) is 0. The molecule has 0 rings (SSSR count). The maximum absolute atomic E-state index is 7.66. The van der Waals surface area contributed by atoms with Crippen molar-refractivity contribution >= 4 is 15.1 Å². The Morgan fingerprint density at radius 2 is 0.344 bits per heavy atom. The Balaban J connectivity index is 6.56. The molecule has 0 aromatic heterocycles. The second-order valence-corrected chi connectivity index (χ2v) is 22.4. The fourth-order valence-electron chi connectivity index (χ4n) is 9.70. The number of hydrogen-bond acceptors (Lipinski definition) is 3. The molecule has 3 atom stereocenters. The van der Waals surface area contributed by atoms with Gasteiger partial charge in [0.25, 0.3) is 0 Å². The SMILES string of the molecule is CCCCCCCCCC(C)(CCCCCCCC)[O][Al]([O]C(C)(CCCCCCCC)CCCCCCCCC)[O]C(C)(CCCCCCCC)CCCCCCCCC. The molecule has 0 spiro atoms. The van der Waals surface area contributed by atoms with E-state index in [9.17, 15) is 0 Å². The van der Waals surface area contributed by atoms with Crippen molar-refractivity contribution in [2.45, 2.75) is 368 Å². The summed E-state index contributed by atoms with van der Waals surface area (Å²) in [7, 11) is 0. The van der Waals surface area contributed by atoms with Gasteiger partial charge in [0.05, 0.1) is 0 Å². The summed E-state index contributed by atoms with van der Waals surface area (Å²) in [6.45, 7) is 21.4. The van der Waals surface area contributed by atoms with Gasteiger partial charge in [-0.2, -0.15) is 0 Å². The van der Waals surface area contributed by atoms with E-state index in [1.807, 2.05) is 0 Å². The minimum absolute atomic E-state index is 0.175. The van der Waals surface area contributed by atoms with Crippen LogP contribution in [0.15, 0.2) is 0 Å². The Morgan fingerprint density at radius 3 is 0.492 bits per heavy atom. The average molecular weight is 878 g/mol. The van der Waals surface area contributed by atoms with Gasteiger partial charge in [0.1, 0.15) is 0 Å². The van der Waals surface area contributed by atoms with Crippen molar-refractivity contribution in [3.05, 3.63) is 0 Å². The van der Waals surface area contributed by atoms with Crippen molar-refractivity contribution in [2.75, 3.05) is 0 Å². The first-order valence-electron chi connectivity index (χ1n) is 28.7. The molecule has 366 valence electrons. The zero-order valence-corrected chi connectivity index (χ0v) is 45.3. The second kappa shape index (κ2) is 44.3. The molecule has 0 radical (unpaired) electrons. The molecule has 0 aromatic rings. The van der Waals surface area contributed by atoms with Gasteiger partial charge >= 0.3 is 15.1 Å². The van der Waals surface area contributed by atoms with E-state index < -0.39 is 15.1 Å². The molecule has 0 fully saturated rings. The third-order valence-corrected chi connectivity index (χ3v) is 16.5. The van der Waals surface area contributed by atoms with E-state index in [1.54, 1.807) is 0 Å². The molecule has 0 amide bonds. The van der Waals surface area contributed by atoms with Gasteiger partial charge < -0.3 is 11.4 Å². The lowest BCUT2D eigenvalue weighted by molar-refractivity contribution is -0.0923. The van der Waals surface area contributed by atoms with Crippen LogP contribution in [0.25, 0.3) is 0 Å². The number of hydrogen-bond donors (Lipinski definition) is 0. The van der Waals surface area contributed by atoms with Crippen molar-refractivity contribution in [1.29, 1.82) is 0 Å². The first kappa shape index (κ1) is 61.4. The highest BCUT2D eigenvalue weighted by atomic mass is 27.3.